The number of hydrogen-bond donors (Lipinski definition) is 0. The second-order valence-corrected chi connectivity index (χ2v) is 8.64. The minimum Gasteiger partial charge on any atom is -0.444 e. The van der Waals surface area contributed by atoms with E-state index in [1.54, 1.807) is 0 Å². The summed E-state index contributed by atoms with van der Waals surface area (Å²) in [6.45, 7) is 12.8. The third-order valence-electron chi connectivity index (χ3n) is 3.50. The molecule has 1 aromatic rings. The predicted octanol–water partition coefficient (Wildman–Crippen LogP) is 5.29. The molecule has 21 heavy (non-hydrogen) atoms. The van der Waals surface area contributed by atoms with Gasteiger partial charge in [0.1, 0.15) is 5.60 Å². The molecule has 3 nitrogen and oxygen atoms in total. The molecule has 116 valence electrons. The molecule has 1 amide bonds. The molecule has 1 aliphatic heterocycles. The summed E-state index contributed by atoms with van der Waals surface area (Å²) in [4.78, 5) is 14.4. The van der Waals surface area contributed by atoms with Gasteiger partial charge in [0.25, 0.3) is 0 Å². The van der Waals surface area contributed by atoms with Crippen LogP contribution in [-0.4, -0.2) is 16.6 Å². The van der Waals surface area contributed by atoms with Gasteiger partial charge in [-0.3, -0.25) is 4.90 Å². The number of hydrogen-bond acceptors (Lipinski definition) is 2. The van der Waals surface area contributed by atoms with Gasteiger partial charge in [-0.25, -0.2) is 4.79 Å². The maximum absolute atomic E-state index is 12.6. The molecule has 0 saturated carbocycles. The van der Waals surface area contributed by atoms with Gasteiger partial charge < -0.3 is 4.74 Å². The zero-order valence-electron chi connectivity index (χ0n) is 13.7. The highest BCUT2D eigenvalue weighted by molar-refractivity contribution is 9.10. The summed E-state index contributed by atoms with van der Waals surface area (Å²) in [6, 6.07) is 6.28. The van der Waals surface area contributed by atoms with Crippen molar-refractivity contribution in [3.05, 3.63) is 33.8 Å². The SMILES string of the molecule is CC(C)(C)OC(=O)N1Cc2cc(Br)ccc2C1C(C)(C)C. The van der Waals surface area contributed by atoms with E-state index in [1.165, 1.54) is 11.1 Å². The molecule has 1 atom stereocenters. The van der Waals surface area contributed by atoms with Gasteiger partial charge >= 0.3 is 6.09 Å². The fourth-order valence-corrected chi connectivity index (χ4v) is 3.25. The Morgan fingerprint density at radius 3 is 2.38 bits per heavy atom. The lowest BCUT2D eigenvalue weighted by molar-refractivity contribution is 0.00443. The minimum absolute atomic E-state index is 0.0375. The van der Waals surface area contributed by atoms with Crippen LogP contribution >= 0.6 is 15.9 Å². The number of fused-ring (bicyclic) bond motifs is 1. The van der Waals surface area contributed by atoms with Crippen LogP contribution in [0.25, 0.3) is 0 Å². The Labute approximate surface area is 135 Å². The molecule has 1 aliphatic rings. The van der Waals surface area contributed by atoms with Crippen molar-refractivity contribution in [2.45, 2.75) is 59.7 Å². The lowest BCUT2D eigenvalue weighted by atomic mass is 9.82. The van der Waals surface area contributed by atoms with Gasteiger partial charge in [-0.2, -0.15) is 0 Å². The Morgan fingerprint density at radius 1 is 1.24 bits per heavy atom. The standard InChI is InChI=1S/C17H24BrNO2/c1-16(2,3)14-13-8-7-12(18)9-11(13)10-19(14)15(20)21-17(4,5)6/h7-9,14H,10H2,1-6H3. The number of carbonyl (C=O) groups excluding carboxylic acids is 1. The van der Waals surface area contributed by atoms with Crippen LogP contribution in [0.3, 0.4) is 0 Å². The highest BCUT2D eigenvalue weighted by Crippen LogP contribution is 2.46. The minimum atomic E-state index is -0.477. The van der Waals surface area contributed by atoms with Crippen molar-refractivity contribution in [2.24, 2.45) is 5.41 Å². The van der Waals surface area contributed by atoms with Crippen molar-refractivity contribution in [3.63, 3.8) is 0 Å². The predicted molar refractivity (Wildman–Crippen MR) is 88.1 cm³/mol. The van der Waals surface area contributed by atoms with Gasteiger partial charge in [0.2, 0.25) is 0 Å². The van der Waals surface area contributed by atoms with Crippen molar-refractivity contribution in [1.29, 1.82) is 0 Å². The summed E-state index contributed by atoms with van der Waals surface area (Å²) in [7, 11) is 0. The first-order valence-corrected chi connectivity index (χ1v) is 8.06. The maximum atomic E-state index is 12.6. The van der Waals surface area contributed by atoms with E-state index in [2.05, 4.69) is 48.8 Å². The van der Waals surface area contributed by atoms with E-state index in [-0.39, 0.29) is 17.6 Å². The maximum Gasteiger partial charge on any atom is 0.411 e. The highest BCUT2D eigenvalue weighted by atomic mass is 79.9. The zero-order chi connectivity index (χ0) is 16.0. The molecule has 0 bridgehead atoms. The van der Waals surface area contributed by atoms with Crippen LogP contribution in [0.4, 0.5) is 4.79 Å². The van der Waals surface area contributed by atoms with Crippen molar-refractivity contribution >= 4 is 22.0 Å². The van der Waals surface area contributed by atoms with Crippen molar-refractivity contribution in [3.8, 4) is 0 Å². The zero-order valence-corrected chi connectivity index (χ0v) is 15.2. The normalized spacial score (nSPS) is 18.6. The van der Waals surface area contributed by atoms with Crippen molar-refractivity contribution in [2.75, 3.05) is 0 Å². The number of carbonyl (C=O) groups is 1. The van der Waals surface area contributed by atoms with Crippen LogP contribution < -0.4 is 0 Å². The molecule has 0 radical (unpaired) electrons. The molecule has 1 aromatic carbocycles. The average molecular weight is 354 g/mol. The third-order valence-corrected chi connectivity index (χ3v) is 3.99. The van der Waals surface area contributed by atoms with Crippen LogP contribution in [0.5, 0.6) is 0 Å². The molecule has 0 spiro atoms. The first kappa shape index (κ1) is 16.3. The monoisotopic (exact) mass is 353 g/mol. The number of halogens is 1. The molecule has 2 rings (SSSR count). The molecular formula is C17H24BrNO2. The molecule has 0 N–H and O–H groups in total. The van der Waals surface area contributed by atoms with Gasteiger partial charge in [-0.1, -0.05) is 42.8 Å². The second kappa shape index (κ2) is 5.31. The van der Waals surface area contributed by atoms with Gasteiger partial charge in [0, 0.05) is 4.47 Å². The molecule has 0 fully saturated rings. The number of ether oxygens (including phenoxy) is 1. The summed E-state index contributed by atoms with van der Waals surface area (Å²) in [5.41, 5.74) is 1.89. The second-order valence-electron chi connectivity index (χ2n) is 7.72. The fraction of sp³-hybridized carbons (Fsp3) is 0.588. The highest BCUT2D eigenvalue weighted by Gasteiger charge is 2.42. The number of rotatable bonds is 0. The Kier molecular flexibility index (Phi) is 4.13. The Balaban J connectivity index is 2.37. The molecule has 1 unspecified atom stereocenters. The summed E-state index contributed by atoms with van der Waals surface area (Å²) >= 11 is 3.51. The Morgan fingerprint density at radius 2 is 1.86 bits per heavy atom. The quantitative estimate of drug-likeness (QED) is 0.634. The molecule has 4 heteroatoms. The summed E-state index contributed by atoms with van der Waals surface area (Å²) in [5.74, 6) is 0. The third kappa shape index (κ3) is 3.60. The van der Waals surface area contributed by atoms with Crippen LogP contribution in [-0.2, 0) is 11.3 Å². The van der Waals surface area contributed by atoms with Crippen LogP contribution in [0.15, 0.2) is 22.7 Å². The van der Waals surface area contributed by atoms with E-state index in [0.29, 0.717) is 6.54 Å². The molecule has 0 aromatic heterocycles. The Bertz CT molecular complexity index is 555. The first-order valence-electron chi connectivity index (χ1n) is 7.27. The summed E-state index contributed by atoms with van der Waals surface area (Å²) < 4.78 is 6.63. The molecular weight excluding hydrogens is 330 g/mol. The molecule has 0 aliphatic carbocycles. The van der Waals surface area contributed by atoms with E-state index in [9.17, 15) is 4.79 Å². The Hall–Kier alpha value is -1.03. The van der Waals surface area contributed by atoms with Crippen LogP contribution in [0.1, 0.15) is 58.7 Å². The van der Waals surface area contributed by atoms with Gasteiger partial charge in [-0.15, -0.1) is 0 Å². The largest absolute Gasteiger partial charge is 0.444 e. The van der Waals surface area contributed by atoms with E-state index in [4.69, 9.17) is 4.74 Å². The topological polar surface area (TPSA) is 29.5 Å². The van der Waals surface area contributed by atoms with Gasteiger partial charge in [0.15, 0.2) is 0 Å². The summed E-state index contributed by atoms with van der Waals surface area (Å²) in [6.07, 6.45) is -0.241. The molecule has 1 heterocycles. The van der Waals surface area contributed by atoms with Crippen LogP contribution in [0, 0.1) is 5.41 Å². The van der Waals surface area contributed by atoms with Gasteiger partial charge in [0.05, 0.1) is 12.6 Å². The average Bonchev–Trinajstić information content (AvgIpc) is 2.64. The lowest BCUT2D eigenvalue weighted by Crippen LogP contribution is -2.39. The van der Waals surface area contributed by atoms with E-state index in [0.717, 1.165) is 4.47 Å². The number of nitrogens with zero attached hydrogens (tertiary/aromatic N) is 1. The van der Waals surface area contributed by atoms with Crippen LogP contribution in [0.2, 0.25) is 0 Å². The van der Waals surface area contributed by atoms with Crippen molar-refractivity contribution in [1.82, 2.24) is 4.90 Å². The lowest BCUT2D eigenvalue weighted by Gasteiger charge is -2.36. The summed E-state index contributed by atoms with van der Waals surface area (Å²) in [5, 5.41) is 0. The van der Waals surface area contributed by atoms with E-state index in [1.807, 2.05) is 31.7 Å². The smallest absolute Gasteiger partial charge is 0.411 e. The van der Waals surface area contributed by atoms with Gasteiger partial charge in [-0.05, 0) is 49.4 Å². The van der Waals surface area contributed by atoms with Crippen molar-refractivity contribution < 1.29 is 9.53 Å². The fourth-order valence-electron chi connectivity index (χ4n) is 2.85. The molecule has 0 saturated heterocycles. The first-order chi connectivity index (χ1) is 9.49. The van der Waals surface area contributed by atoms with E-state index >= 15 is 0 Å². The number of amides is 1. The van der Waals surface area contributed by atoms with E-state index < -0.39 is 5.60 Å². The number of benzene rings is 1.